The van der Waals surface area contributed by atoms with Gasteiger partial charge in [0, 0.05) is 30.4 Å². The van der Waals surface area contributed by atoms with E-state index in [1.807, 2.05) is 6.92 Å². The van der Waals surface area contributed by atoms with Gasteiger partial charge in [-0.15, -0.1) is 0 Å². The average molecular weight is 397 g/mol. The second-order valence-electron chi connectivity index (χ2n) is 6.49. The van der Waals surface area contributed by atoms with Crippen LogP contribution in [0.3, 0.4) is 0 Å². The second-order valence-corrected chi connectivity index (χ2v) is 6.49. The Morgan fingerprint density at radius 1 is 1.00 bits per heavy atom. The molecule has 0 atom stereocenters. The van der Waals surface area contributed by atoms with Crippen LogP contribution >= 0.6 is 0 Å². The summed E-state index contributed by atoms with van der Waals surface area (Å²) in [6, 6.07) is 11.8. The molecule has 0 bridgehead atoms. The molecule has 0 spiro atoms. The SMILES string of the molecule is CCCn1c(=O)c2ccccc2n(CC(=O)Nc2cc(OC)cc(OC)c2)c1=O. The topological polar surface area (TPSA) is 91.6 Å². The lowest BCUT2D eigenvalue weighted by Gasteiger charge is -2.14. The number of anilines is 1. The van der Waals surface area contributed by atoms with E-state index in [0.29, 0.717) is 34.5 Å². The van der Waals surface area contributed by atoms with Gasteiger partial charge in [0.05, 0.1) is 25.1 Å². The Balaban J connectivity index is 1.99. The Labute approximate surface area is 167 Å². The van der Waals surface area contributed by atoms with Crippen molar-refractivity contribution in [3.8, 4) is 11.5 Å². The monoisotopic (exact) mass is 397 g/mol. The van der Waals surface area contributed by atoms with Gasteiger partial charge in [0.15, 0.2) is 0 Å². The van der Waals surface area contributed by atoms with Crippen molar-refractivity contribution < 1.29 is 14.3 Å². The zero-order valence-corrected chi connectivity index (χ0v) is 16.6. The number of fused-ring (bicyclic) bond motifs is 1. The van der Waals surface area contributed by atoms with Crippen molar-refractivity contribution in [3.63, 3.8) is 0 Å². The summed E-state index contributed by atoms with van der Waals surface area (Å²) >= 11 is 0. The molecule has 8 nitrogen and oxygen atoms in total. The molecule has 0 unspecified atom stereocenters. The Morgan fingerprint density at radius 3 is 2.28 bits per heavy atom. The molecule has 0 fully saturated rings. The van der Waals surface area contributed by atoms with Crippen LogP contribution in [0.2, 0.25) is 0 Å². The van der Waals surface area contributed by atoms with E-state index in [1.54, 1.807) is 42.5 Å². The van der Waals surface area contributed by atoms with Gasteiger partial charge in [0.1, 0.15) is 18.0 Å². The van der Waals surface area contributed by atoms with E-state index >= 15 is 0 Å². The highest BCUT2D eigenvalue weighted by atomic mass is 16.5. The molecular formula is C21H23N3O5. The van der Waals surface area contributed by atoms with E-state index in [1.165, 1.54) is 23.4 Å². The molecule has 152 valence electrons. The summed E-state index contributed by atoms with van der Waals surface area (Å²) in [6.45, 7) is 1.94. The van der Waals surface area contributed by atoms with Crippen molar-refractivity contribution in [1.82, 2.24) is 9.13 Å². The van der Waals surface area contributed by atoms with Gasteiger partial charge in [0.25, 0.3) is 5.56 Å². The number of carbonyl (C=O) groups is 1. The largest absolute Gasteiger partial charge is 0.497 e. The maximum atomic E-state index is 12.9. The van der Waals surface area contributed by atoms with Crippen LogP contribution in [0.4, 0.5) is 5.69 Å². The van der Waals surface area contributed by atoms with Crippen LogP contribution in [0.1, 0.15) is 13.3 Å². The molecule has 1 N–H and O–H groups in total. The zero-order valence-electron chi connectivity index (χ0n) is 16.6. The Morgan fingerprint density at radius 2 is 1.66 bits per heavy atom. The molecule has 0 aliphatic carbocycles. The van der Waals surface area contributed by atoms with Gasteiger partial charge in [-0.05, 0) is 18.6 Å². The third-order valence-corrected chi connectivity index (χ3v) is 4.52. The van der Waals surface area contributed by atoms with E-state index < -0.39 is 11.6 Å². The number of carbonyl (C=O) groups excluding carboxylic acids is 1. The standard InChI is InChI=1S/C21H23N3O5/c1-4-9-23-20(26)17-7-5-6-8-18(17)24(21(23)27)13-19(25)22-14-10-15(28-2)12-16(11-14)29-3/h5-8,10-12H,4,9,13H2,1-3H3,(H,22,25). The fraction of sp³-hybridized carbons (Fsp3) is 0.286. The van der Waals surface area contributed by atoms with Gasteiger partial charge < -0.3 is 14.8 Å². The number of aromatic nitrogens is 2. The summed E-state index contributed by atoms with van der Waals surface area (Å²) in [5, 5.41) is 3.15. The molecule has 1 amide bonds. The van der Waals surface area contributed by atoms with E-state index in [0.717, 1.165) is 0 Å². The lowest BCUT2D eigenvalue weighted by Crippen LogP contribution is -2.41. The molecule has 2 aromatic carbocycles. The first-order valence-electron chi connectivity index (χ1n) is 9.23. The molecule has 0 aliphatic rings. The van der Waals surface area contributed by atoms with Crippen LogP contribution in [-0.2, 0) is 17.9 Å². The molecule has 0 saturated carbocycles. The minimum absolute atomic E-state index is 0.233. The summed E-state index contributed by atoms with van der Waals surface area (Å²) in [7, 11) is 3.03. The number of benzene rings is 2. The smallest absolute Gasteiger partial charge is 0.331 e. The van der Waals surface area contributed by atoms with Gasteiger partial charge in [-0.2, -0.15) is 0 Å². The number of amides is 1. The third-order valence-electron chi connectivity index (χ3n) is 4.52. The van der Waals surface area contributed by atoms with Crippen molar-refractivity contribution in [3.05, 3.63) is 63.3 Å². The molecule has 1 aromatic heterocycles. The zero-order chi connectivity index (χ0) is 21.0. The van der Waals surface area contributed by atoms with Crippen LogP contribution in [0.25, 0.3) is 10.9 Å². The van der Waals surface area contributed by atoms with Crippen LogP contribution in [0, 0.1) is 0 Å². The summed E-state index contributed by atoms with van der Waals surface area (Å²) < 4.78 is 12.9. The van der Waals surface area contributed by atoms with Crippen molar-refractivity contribution >= 4 is 22.5 Å². The Hall–Kier alpha value is -3.55. The average Bonchev–Trinajstić information content (AvgIpc) is 2.73. The molecule has 3 rings (SSSR count). The summed E-state index contributed by atoms with van der Waals surface area (Å²) in [5.41, 5.74) is 0.0502. The Bertz CT molecular complexity index is 1140. The predicted octanol–water partition coefficient (Wildman–Crippen LogP) is 2.23. The lowest BCUT2D eigenvalue weighted by molar-refractivity contribution is -0.116. The highest BCUT2D eigenvalue weighted by Crippen LogP contribution is 2.25. The van der Waals surface area contributed by atoms with Crippen molar-refractivity contribution in [2.75, 3.05) is 19.5 Å². The predicted molar refractivity (Wildman–Crippen MR) is 111 cm³/mol. The fourth-order valence-corrected chi connectivity index (χ4v) is 3.17. The number of hydrogen-bond acceptors (Lipinski definition) is 5. The number of hydrogen-bond donors (Lipinski definition) is 1. The molecule has 29 heavy (non-hydrogen) atoms. The number of methoxy groups -OCH3 is 2. The first-order valence-corrected chi connectivity index (χ1v) is 9.23. The maximum Gasteiger partial charge on any atom is 0.331 e. The number of ether oxygens (including phenoxy) is 2. The number of rotatable bonds is 7. The van der Waals surface area contributed by atoms with Crippen molar-refractivity contribution in [1.29, 1.82) is 0 Å². The van der Waals surface area contributed by atoms with E-state index in [9.17, 15) is 14.4 Å². The molecule has 8 heteroatoms. The molecule has 1 heterocycles. The minimum atomic E-state index is -0.506. The maximum absolute atomic E-state index is 12.9. The molecule has 0 radical (unpaired) electrons. The molecule has 0 saturated heterocycles. The highest BCUT2D eigenvalue weighted by molar-refractivity contribution is 5.92. The van der Waals surface area contributed by atoms with Crippen molar-refractivity contribution in [2.45, 2.75) is 26.4 Å². The minimum Gasteiger partial charge on any atom is -0.497 e. The summed E-state index contributed by atoms with van der Waals surface area (Å²) in [6.07, 6.45) is 0.628. The van der Waals surface area contributed by atoms with Gasteiger partial charge in [-0.25, -0.2) is 4.79 Å². The third kappa shape index (κ3) is 4.16. The second kappa shape index (κ2) is 8.64. The van der Waals surface area contributed by atoms with E-state index in [4.69, 9.17) is 9.47 Å². The number of nitrogens with one attached hydrogen (secondary N) is 1. The van der Waals surface area contributed by atoms with E-state index in [2.05, 4.69) is 5.32 Å². The normalized spacial score (nSPS) is 10.7. The number of para-hydroxylation sites is 1. The van der Waals surface area contributed by atoms with Crippen LogP contribution in [0.5, 0.6) is 11.5 Å². The lowest BCUT2D eigenvalue weighted by atomic mass is 10.2. The van der Waals surface area contributed by atoms with Crippen LogP contribution in [0.15, 0.2) is 52.1 Å². The van der Waals surface area contributed by atoms with Gasteiger partial charge in [-0.1, -0.05) is 19.1 Å². The quantitative estimate of drug-likeness (QED) is 0.660. The van der Waals surface area contributed by atoms with Gasteiger partial charge >= 0.3 is 5.69 Å². The fourth-order valence-electron chi connectivity index (χ4n) is 3.17. The van der Waals surface area contributed by atoms with E-state index in [-0.39, 0.29) is 18.6 Å². The summed E-state index contributed by atoms with van der Waals surface area (Å²) in [4.78, 5) is 38.2. The van der Waals surface area contributed by atoms with Gasteiger partial charge in [-0.3, -0.25) is 18.7 Å². The summed E-state index contributed by atoms with van der Waals surface area (Å²) in [5.74, 6) is 0.645. The molecular weight excluding hydrogens is 374 g/mol. The number of nitrogens with zero attached hydrogens (tertiary/aromatic N) is 2. The first-order chi connectivity index (χ1) is 14.0. The first kappa shape index (κ1) is 20.2. The Kier molecular flexibility index (Phi) is 6.01. The molecule has 3 aromatic rings. The van der Waals surface area contributed by atoms with Crippen LogP contribution in [-0.4, -0.2) is 29.3 Å². The van der Waals surface area contributed by atoms with Crippen LogP contribution < -0.4 is 26.0 Å². The molecule has 0 aliphatic heterocycles. The van der Waals surface area contributed by atoms with Gasteiger partial charge in [0.2, 0.25) is 5.91 Å². The van der Waals surface area contributed by atoms with Crippen molar-refractivity contribution in [2.24, 2.45) is 0 Å². The highest BCUT2D eigenvalue weighted by Gasteiger charge is 2.15.